The largest absolute Gasteiger partial charge is 0.373 e. The van der Waals surface area contributed by atoms with Crippen LogP contribution in [0.5, 0.6) is 0 Å². The van der Waals surface area contributed by atoms with Gasteiger partial charge in [-0.15, -0.1) is 0 Å². The summed E-state index contributed by atoms with van der Waals surface area (Å²) in [5.74, 6) is 2.14. The molecule has 2 rings (SSSR count). The second-order valence-corrected chi connectivity index (χ2v) is 4.57. The first-order chi connectivity index (χ1) is 6.84. The van der Waals surface area contributed by atoms with Gasteiger partial charge in [0, 0.05) is 13.1 Å². The molecule has 0 radical (unpaired) electrons. The maximum Gasteiger partial charge on any atom is 0.111 e. The van der Waals surface area contributed by atoms with Crippen molar-refractivity contribution >= 4 is 5.84 Å². The van der Waals surface area contributed by atoms with E-state index >= 15 is 0 Å². The fourth-order valence-corrected chi connectivity index (χ4v) is 2.12. The van der Waals surface area contributed by atoms with Gasteiger partial charge in [0.1, 0.15) is 5.84 Å². The molecule has 0 atom stereocenters. The molecule has 80 valence electrons. The van der Waals surface area contributed by atoms with Crippen molar-refractivity contribution in [2.75, 3.05) is 32.7 Å². The standard InChI is InChI=1S/C11H21N3/c1-10-3-7-14(8-4-10)9-11-12-5-2-6-13-11/h10H,2-9H2,1H3,(H,12,13). The Morgan fingerprint density at radius 2 is 2.21 bits per heavy atom. The number of hydrogen-bond acceptors (Lipinski definition) is 3. The molecule has 0 spiro atoms. The molecule has 2 aliphatic rings. The first-order valence-corrected chi connectivity index (χ1v) is 5.84. The summed E-state index contributed by atoms with van der Waals surface area (Å²) in [6.45, 7) is 8.04. The van der Waals surface area contributed by atoms with Gasteiger partial charge in [-0.2, -0.15) is 0 Å². The summed E-state index contributed by atoms with van der Waals surface area (Å²) in [5, 5.41) is 3.39. The third kappa shape index (κ3) is 2.71. The Labute approximate surface area is 86.6 Å². The van der Waals surface area contributed by atoms with E-state index in [2.05, 4.69) is 22.1 Å². The first-order valence-electron chi connectivity index (χ1n) is 5.84. The van der Waals surface area contributed by atoms with Crippen molar-refractivity contribution in [3.05, 3.63) is 0 Å². The van der Waals surface area contributed by atoms with Crippen molar-refractivity contribution < 1.29 is 0 Å². The molecular formula is C11H21N3. The van der Waals surface area contributed by atoms with Crippen LogP contribution in [0.25, 0.3) is 0 Å². The van der Waals surface area contributed by atoms with Crippen LogP contribution in [0.1, 0.15) is 26.2 Å². The molecule has 3 heteroatoms. The summed E-state index contributed by atoms with van der Waals surface area (Å²) in [7, 11) is 0. The monoisotopic (exact) mass is 195 g/mol. The maximum absolute atomic E-state index is 4.51. The molecule has 0 aromatic heterocycles. The molecule has 0 aromatic carbocycles. The third-order valence-electron chi connectivity index (χ3n) is 3.22. The average molecular weight is 195 g/mol. The number of nitrogens with one attached hydrogen (secondary N) is 1. The number of rotatable bonds is 2. The predicted molar refractivity (Wildman–Crippen MR) is 59.8 cm³/mol. The van der Waals surface area contributed by atoms with E-state index in [1.54, 1.807) is 0 Å². The van der Waals surface area contributed by atoms with E-state index in [0.717, 1.165) is 25.6 Å². The Kier molecular flexibility index (Phi) is 3.40. The molecule has 0 aliphatic carbocycles. The van der Waals surface area contributed by atoms with Gasteiger partial charge in [-0.1, -0.05) is 6.92 Å². The Balaban J connectivity index is 1.77. The quantitative estimate of drug-likeness (QED) is 0.715. The van der Waals surface area contributed by atoms with Gasteiger partial charge >= 0.3 is 0 Å². The highest BCUT2D eigenvalue weighted by molar-refractivity contribution is 5.84. The van der Waals surface area contributed by atoms with E-state index < -0.39 is 0 Å². The van der Waals surface area contributed by atoms with Crippen LogP contribution >= 0.6 is 0 Å². The summed E-state index contributed by atoms with van der Waals surface area (Å²) in [6.07, 6.45) is 3.90. The van der Waals surface area contributed by atoms with E-state index in [9.17, 15) is 0 Å². The molecule has 14 heavy (non-hydrogen) atoms. The SMILES string of the molecule is CC1CCN(CC2=NCCCN2)CC1. The highest BCUT2D eigenvalue weighted by Crippen LogP contribution is 2.15. The molecule has 0 unspecified atom stereocenters. The average Bonchev–Trinajstić information content (AvgIpc) is 2.23. The fourth-order valence-electron chi connectivity index (χ4n) is 2.12. The zero-order chi connectivity index (χ0) is 9.80. The lowest BCUT2D eigenvalue weighted by atomic mass is 9.99. The van der Waals surface area contributed by atoms with Crippen molar-refractivity contribution in [2.24, 2.45) is 10.9 Å². The lowest BCUT2D eigenvalue weighted by Gasteiger charge is -2.31. The Hall–Kier alpha value is -0.570. The maximum atomic E-state index is 4.51. The van der Waals surface area contributed by atoms with Gasteiger partial charge in [0.25, 0.3) is 0 Å². The Bertz CT molecular complexity index is 205. The van der Waals surface area contributed by atoms with Crippen LogP contribution in [0.15, 0.2) is 4.99 Å². The molecule has 2 aliphatic heterocycles. The molecule has 0 aromatic rings. The molecule has 1 fully saturated rings. The highest BCUT2D eigenvalue weighted by Gasteiger charge is 2.17. The van der Waals surface area contributed by atoms with Crippen molar-refractivity contribution in [1.82, 2.24) is 10.2 Å². The number of aliphatic imine (C=N–C) groups is 1. The van der Waals surface area contributed by atoms with Crippen LogP contribution in [0.3, 0.4) is 0 Å². The van der Waals surface area contributed by atoms with Gasteiger partial charge in [-0.3, -0.25) is 9.89 Å². The van der Waals surface area contributed by atoms with Gasteiger partial charge in [0.2, 0.25) is 0 Å². The van der Waals surface area contributed by atoms with Crippen molar-refractivity contribution in [3.8, 4) is 0 Å². The molecule has 0 amide bonds. The summed E-state index contributed by atoms with van der Waals surface area (Å²) in [5.41, 5.74) is 0. The first kappa shape index (κ1) is 9.97. The predicted octanol–water partition coefficient (Wildman–Crippen LogP) is 1.11. The van der Waals surface area contributed by atoms with Crippen LogP contribution in [0, 0.1) is 5.92 Å². The topological polar surface area (TPSA) is 27.6 Å². The summed E-state index contributed by atoms with van der Waals surface area (Å²) < 4.78 is 0. The summed E-state index contributed by atoms with van der Waals surface area (Å²) in [4.78, 5) is 7.03. The number of nitrogens with zero attached hydrogens (tertiary/aromatic N) is 2. The van der Waals surface area contributed by atoms with Gasteiger partial charge in [-0.25, -0.2) is 0 Å². The van der Waals surface area contributed by atoms with E-state index in [0.29, 0.717) is 0 Å². The van der Waals surface area contributed by atoms with Gasteiger partial charge in [0.05, 0.1) is 6.54 Å². The molecular weight excluding hydrogens is 174 g/mol. The zero-order valence-corrected chi connectivity index (χ0v) is 9.13. The summed E-state index contributed by atoms with van der Waals surface area (Å²) >= 11 is 0. The molecule has 1 N–H and O–H groups in total. The number of hydrogen-bond donors (Lipinski definition) is 1. The van der Waals surface area contributed by atoms with Gasteiger partial charge in [-0.05, 0) is 38.3 Å². The molecule has 3 nitrogen and oxygen atoms in total. The normalized spacial score (nSPS) is 25.6. The van der Waals surface area contributed by atoms with E-state index in [1.165, 1.54) is 38.2 Å². The molecule has 2 heterocycles. The van der Waals surface area contributed by atoms with Crippen LogP contribution in [-0.4, -0.2) is 43.5 Å². The van der Waals surface area contributed by atoms with Gasteiger partial charge < -0.3 is 5.32 Å². The minimum atomic E-state index is 0.924. The van der Waals surface area contributed by atoms with Crippen molar-refractivity contribution in [1.29, 1.82) is 0 Å². The lowest BCUT2D eigenvalue weighted by Crippen LogP contribution is -2.43. The van der Waals surface area contributed by atoms with E-state index in [-0.39, 0.29) is 0 Å². The second kappa shape index (κ2) is 4.78. The summed E-state index contributed by atoms with van der Waals surface area (Å²) in [6, 6.07) is 0. The van der Waals surface area contributed by atoms with E-state index in [1.807, 2.05) is 0 Å². The van der Waals surface area contributed by atoms with Crippen LogP contribution < -0.4 is 5.32 Å². The van der Waals surface area contributed by atoms with Crippen molar-refractivity contribution in [2.45, 2.75) is 26.2 Å². The van der Waals surface area contributed by atoms with E-state index in [4.69, 9.17) is 0 Å². The fraction of sp³-hybridized carbons (Fsp3) is 0.909. The second-order valence-electron chi connectivity index (χ2n) is 4.57. The minimum Gasteiger partial charge on any atom is -0.373 e. The van der Waals surface area contributed by atoms with Crippen LogP contribution in [0.2, 0.25) is 0 Å². The highest BCUT2D eigenvalue weighted by atomic mass is 15.2. The van der Waals surface area contributed by atoms with Crippen molar-refractivity contribution in [3.63, 3.8) is 0 Å². The minimum absolute atomic E-state index is 0.924. The number of amidine groups is 1. The van der Waals surface area contributed by atoms with Gasteiger partial charge in [0.15, 0.2) is 0 Å². The molecule has 0 saturated carbocycles. The number of likely N-dealkylation sites (tertiary alicyclic amines) is 1. The smallest absolute Gasteiger partial charge is 0.111 e. The number of piperidine rings is 1. The Morgan fingerprint density at radius 3 is 2.86 bits per heavy atom. The molecule has 0 bridgehead atoms. The third-order valence-corrected chi connectivity index (χ3v) is 3.22. The Morgan fingerprint density at radius 1 is 1.43 bits per heavy atom. The lowest BCUT2D eigenvalue weighted by molar-refractivity contribution is 0.214. The van der Waals surface area contributed by atoms with Crippen LogP contribution in [0.4, 0.5) is 0 Å². The van der Waals surface area contributed by atoms with Crippen LogP contribution in [-0.2, 0) is 0 Å². The molecule has 1 saturated heterocycles. The zero-order valence-electron chi connectivity index (χ0n) is 9.13.